The number of aliphatic imine (C=N–C) groups is 1. The van der Waals surface area contributed by atoms with Crippen molar-refractivity contribution in [3.8, 4) is 5.75 Å². The van der Waals surface area contributed by atoms with Crippen LogP contribution in [0.5, 0.6) is 5.75 Å². The number of pyridine rings is 1. The maximum atomic E-state index is 9.00. The molecule has 0 aliphatic rings. The number of carboxylic acid groups (broad SMARTS) is 1. The Hall–Kier alpha value is -3.09. The van der Waals surface area contributed by atoms with Gasteiger partial charge < -0.3 is 20.9 Å². The first-order valence-electron chi connectivity index (χ1n) is 6.81. The summed E-state index contributed by atoms with van der Waals surface area (Å²) in [6.45, 7) is 1.54. The number of nitrogens with two attached hydrogens (primary N) is 1. The van der Waals surface area contributed by atoms with Crippen LogP contribution in [0.15, 0.2) is 53.8 Å². The molecule has 0 fully saturated rings. The van der Waals surface area contributed by atoms with Crippen molar-refractivity contribution in [3.05, 3.63) is 54.4 Å². The molecular formula is C16H20N4O3. The van der Waals surface area contributed by atoms with Gasteiger partial charge in [-0.2, -0.15) is 0 Å². The number of guanidine groups is 1. The molecule has 0 radical (unpaired) electrons. The number of aliphatic carboxylic acids is 1. The van der Waals surface area contributed by atoms with Crippen LogP contribution in [0.1, 0.15) is 12.5 Å². The lowest BCUT2D eigenvalue weighted by molar-refractivity contribution is -0.134. The second-order valence-corrected chi connectivity index (χ2v) is 4.40. The van der Waals surface area contributed by atoms with Crippen LogP contribution in [0.25, 0.3) is 0 Å². The predicted molar refractivity (Wildman–Crippen MR) is 89.5 cm³/mol. The molecule has 122 valence electrons. The van der Waals surface area contributed by atoms with Gasteiger partial charge in [0.15, 0.2) is 5.96 Å². The van der Waals surface area contributed by atoms with Gasteiger partial charge >= 0.3 is 0 Å². The van der Waals surface area contributed by atoms with Gasteiger partial charge in [0.05, 0.1) is 25.5 Å². The van der Waals surface area contributed by atoms with Crippen LogP contribution in [0.2, 0.25) is 0 Å². The Labute approximate surface area is 134 Å². The first-order chi connectivity index (χ1) is 11.0. The number of carbonyl (C=O) groups is 1. The van der Waals surface area contributed by atoms with Crippen LogP contribution < -0.4 is 15.8 Å². The number of para-hydroxylation sites is 1. The molecule has 2 rings (SSSR count). The minimum atomic E-state index is -0.833. The SMILES string of the molecule is CC(=O)O.COc1ccccc1CN=C(N)Nc1cccnc1. The summed E-state index contributed by atoms with van der Waals surface area (Å²) < 4.78 is 5.26. The molecule has 0 aliphatic heterocycles. The molecule has 7 heteroatoms. The minimum Gasteiger partial charge on any atom is -0.496 e. The first-order valence-corrected chi connectivity index (χ1v) is 6.81. The zero-order valence-corrected chi connectivity index (χ0v) is 13.1. The average Bonchev–Trinajstić information content (AvgIpc) is 2.53. The smallest absolute Gasteiger partial charge is 0.300 e. The standard InChI is InChI=1S/C14H16N4O.C2H4O2/c1-19-13-7-3-2-5-11(13)9-17-14(15)18-12-6-4-8-16-10-12;1-2(3)4/h2-8,10H,9H2,1H3,(H3,15,17,18);1H3,(H,3,4). The number of methoxy groups -OCH3 is 1. The van der Waals surface area contributed by atoms with Gasteiger partial charge in [-0.15, -0.1) is 0 Å². The van der Waals surface area contributed by atoms with Crippen molar-refractivity contribution in [2.45, 2.75) is 13.5 Å². The van der Waals surface area contributed by atoms with E-state index < -0.39 is 5.97 Å². The number of nitrogens with one attached hydrogen (secondary N) is 1. The third-order valence-electron chi connectivity index (χ3n) is 2.55. The van der Waals surface area contributed by atoms with E-state index in [9.17, 15) is 0 Å². The highest BCUT2D eigenvalue weighted by molar-refractivity contribution is 5.92. The summed E-state index contributed by atoms with van der Waals surface area (Å²) in [4.78, 5) is 17.3. The maximum Gasteiger partial charge on any atom is 0.300 e. The molecule has 23 heavy (non-hydrogen) atoms. The van der Waals surface area contributed by atoms with Crippen LogP contribution in [0.4, 0.5) is 5.69 Å². The van der Waals surface area contributed by atoms with Gasteiger partial charge in [-0.3, -0.25) is 9.78 Å². The van der Waals surface area contributed by atoms with Crippen molar-refractivity contribution >= 4 is 17.6 Å². The van der Waals surface area contributed by atoms with E-state index in [0.717, 1.165) is 23.9 Å². The minimum absolute atomic E-state index is 0.346. The molecule has 7 nitrogen and oxygen atoms in total. The number of anilines is 1. The largest absolute Gasteiger partial charge is 0.496 e. The summed E-state index contributed by atoms with van der Waals surface area (Å²) in [5, 5.41) is 10.4. The number of rotatable bonds is 4. The van der Waals surface area contributed by atoms with Gasteiger partial charge in [0.2, 0.25) is 0 Å². The normalized spacial score (nSPS) is 10.3. The van der Waals surface area contributed by atoms with Crippen molar-refractivity contribution in [3.63, 3.8) is 0 Å². The van der Waals surface area contributed by atoms with Crippen LogP contribution >= 0.6 is 0 Å². The number of carboxylic acids is 1. The predicted octanol–water partition coefficient (Wildman–Crippen LogP) is 2.11. The monoisotopic (exact) mass is 316 g/mol. The topological polar surface area (TPSA) is 110 Å². The maximum absolute atomic E-state index is 9.00. The molecule has 1 aromatic carbocycles. The molecule has 0 unspecified atom stereocenters. The summed E-state index contributed by atoms with van der Waals surface area (Å²) in [5.74, 6) is 0.319. The van der Waals surface area contributed by atoms with Crippen LogP contribution in [0, 0.1) is 0 Å². The molecular weight excluding hydrogens is 296 g/mol. The number of ether oxygens (including phenoxy) is 1. The molecule has 0 aliphatic carbocycles. The zero-order chi connectivity index (χ0) is 17.1. The third kappa shape index (κ3) is 7.47. The van der Waals surface area contributed by atoms with Crippen LogP contribution in [-0.4, -0.2) is 29.1 Å². The fourth-order valence-electron chi connectivity index (χ4n) is 1.63. The van der Waals surface area contributed by atoms with Crippen molar-refractivity contribution in [1.29, 1.82) is 0 Å². The second-order valence-electron chi connectivity index (χ2n) is 4.40. The van der Waals surface area contributed by atoms with Crippen molar-refractivity contribution in [2.24, 2.45) is 10.7 Å². The molecule has 1 heterocycles. The molecule has 0 atom stereocenters. The average molecular weight is 316 g/mol. The third-order valence-corrected chi connectivity index (χ3v) is 2.55. The quantitative estimate of drug-likeness (QED) is 0.588. The molecule has 0 saturated carbocycles. The Morgan fingerprint density at radius 3 is 2.65 bits per heavy atom. The summed E-state index contributed by atoms with van der Waals surface area (Å²) in [7, 11) is 1.64. The fourth-order valence-corrected chi connectivity index (χ4v) is 1.63. The zero-order valence-electron chi connectivity index (χ0n) is 13.1. The van der Waals surface area contributed by atoms with Gasteiger partial charge in [0.25, 0.3) is 5.97 Å². The fraction of sp³-hybridized carbons (Fsp3) is 0.188. The Bertz CT molecular complexity index is 641. The molecule has 0 amide bonds. The van der Waals surface area contributed by atoms with E-state index in [-0.39, 0.29) is 0 Å². The molecule has 4 N–H and O–H groups in total. The number of benzene rings is 1. The van der Waals surface area contributed by atoms with Crippen LogP contribution in [0.3, 0.4) is 0 Å². The highest BCUT2D eigenvalue weighted by Crippen LogP contribution is 2.17. The van der Waals surface area contributed by atoms with E-state index in [1.54, 1.807) is 19.5 Å². The van der Waals surface area contributed by atoms with E-state index in [4.69, 9.17) is 20.4 Å². The van der Waals surface area contributed by atoms with Crippen molar-refractivity contribution < 1.29 is 14.6 Å². The number of hydrogen-bond acceptors (Lipinski definition) is 4. The number of nitrogens with zero attached hydrogens (tertiary/aromatic N) is 2. The lowest BCUT2D eigenvalue weighted by atomic mass is 10.2. The summed E-state index contributed by atoms with van der Waals surface area (Å²) in [5.41, 5.74) is 7.61. The van der Waals surface area contributed by atoms with Gasteiger partial charge in [-0.1, -0.05) is 18.2 Å². The number of aromatic nitrogens is 1. The van der Waals surface area contributed by atoms with E-state index in [2.05, 4.69) is 15.3 Å². The molecule has 0 spiro atoms. The Morgan fingerprint density at radius 2 is 2.04 bits per heavy atom. The summed E-state index contributed by atoms with van der Waals surface area (Å²) in [6, 6.07) is 11.4. The lowest BCUT2D eigenvalue weighted by Crippen LogP contribution is -2.22. The van der Waals surface area contributed by atoms with Crippen molar-refractivity contribution in [1.82, 2.24) is 4.98 Å². The molecule has 1 aromatic heterocycles. The van der Waals surface area contributed by atoms with E-state index >= 15 is 0 Å². The van der Waals surface area contributed by atoms with Gasteiger partial charge in [0, 0.05) is 18.7 Å². The van der Waals surface area contributed by atoms with Gasteiger partial charge in [-0.25, -0.2) is 4.99 Å². The Morgan fingerprint density at radius 1 is 1.35 bits per heavy atom. The Kier molecular flexibility index (Phi) is 7.63. The molecule has 2 aromatic rings. The molecule has 0 saturated heterocycles. The van der Waals surface area contributed by atoms with Crippen LogP contribution in [-0.2, 0) is 11.3 Å². The first kappa shape index (κ1) is 18.0. The molecule has 0 bridgehead atoms. The summed E-state index contributed by atoms with van der Waals surface area (Å²) in [6.07, 6.45) is 3.39. The van der Waals surface area contributed by atoms with Crippen molar-refractivity contribution in [2.75, 3.05) is 12.4 Å². The lowest BCUT2D eigenvalue weighted by Gasteiger charge is -2.07. The van der Waals surface area contributed by atoms with E-state index in [1.165, 1.54) is 0 Å². The summed E-state index contributed by atoms with van der Waals surface area (Å²) >= 11 is 0. The number of hydrogen-bond donors (Lipinski definition) is 3. The van der Waals surface area contributed by atoms with E-state index in [0.29, 0.717) is 12.5 Å². The van der Waals surface area contributed by atoms with Gasteiger partial charge in [0.1, 0.15) is 5.75 Å². The highest BCUT2D eigenvalue weighted by Gasteiger charge is 2.00. The second kappa shape index (κ2) is 9.78. The van der Waals surface area contributed by atoms with E-state index in [1.807, 2.05) is 36.4 Å². The van der Waals surface area contributed by atoms with Gasteiger partial charge in [-0.05, 0) is 18.2 Å². The highest BCUT2D eigenvalue weighted by atomic mass is 16.5. The Balaban J connectivity index is 0.000000593.